The van der Waals surface area contributed by atoms with Gasteiger partial charge in [-0.15, -0.1) is 11.3 Å². The molecule has 1 saturated heterocycles. The van der Waals surface area contributed by atoms with E-state index in [0.717, 1.165) is 16.2 Å². The first kappa shape index (κ1) is 21.0. The monoisotopic (exact) mass is 442 g/mol. The summed E-state index contributed by atoms with van der Waals surface area (Å²) in [6.45, 7) is 3.27. The largest absolute Gasteiger partial charge is 0.462 e. The predicted molar refractivity (Wildman–Crippen MR) is 113 cm³/mol. The van der Waals surface area contributed by atoms with Gasteiger partial charge in [0.05, 0.1) is 18.4 Å². The van der Waals surface area contributed by atoms with Crippen molar-refractivity contribution in [3.05, 3.63) is 41.0 Å². The van der Waals surface area contributed by atoms with Crippen LogP contribution in [-0.2, 0) is 19.1 Å². The molecule has 1 fully saturated rings. The number of ether oxygens (including phenoxy) is 1. The highest BCUT2D eigenvalue weighted by Gasteiger charge is 2.47. The highest BCUT2D eigenvalue weighted by Crippen LogP contribution is 2.38. The zero-order valence-corrected chi connectivity index (χ0v) is 18.0. The quantitative estimate of drug-likeness (QED) is 0.418. The highest BCUT2D eigenvalue weighted by molar-refractivity contribution is 7.15. The van der Waals surface area contributed by atoms with E-state index in [2.05, 4.69) is 5.32 Å². The fourth-order valence-electron chi connectivity index (χ4n) is 3.95. The Balaban J connectivity index is 1.54. The summed E-state index contributed by atoms with van der Waals surface area (Å²) < 4.78 is 10.8. The first-order valence-electron chi connectivity index (χ1n) is 10.1. The number of imide groups is 1. The van der Waals surface area contributed by atoms with E-state index in [1.807, 2.05) is 12.2 Å². The zero-order chi connectivity index (χ0) is 22.1. The van der Waals surface area contributed by atoms with Gasteiger partial charge < -0.3 is 14.5 Å². The van der Waals surface area contributed by atoms with Crippen LogP contribution in [0.1, 0.15) is 35.9 Å². The SMILES string of the molecule is CCOC(=O)c1c(-c2ccc(C)o2)csc1NC(=O)CN1C(=O)[C@H]2CC=CC[C@H]2C1=O. The lowest BCUT2D eigenvalue weighted by Crippen LogP contribution is -2.38. The predicted octanol–water partition coefficient (Wildman–Crippen LogP) is 3.38. The van der Waals surface area contributed by atoms with Gasteiger partial charge in [0, 0.05) is 10.9 Å². The summed E-state index contributed by atoms with van der Waals surface area (Å²) in [5.74, 6) is -1.40. The lowest BCUT2D eigenvalue weighted by molar-refractivity contribution is -0.142. The standard InChI is InChI=1S/C22H22N2O6S/c1-3-29-22(28)18-15(16-9-8-12(2)30-16)11-31-19(18)23-17(25)10-24-20(26)13-6-4-5-7-14(13)21(24)27/h4-5,8-9,11,13-14H,3,6-7,10H2,1-2H3,(H,23,25)/t13-,14+. The van der Waals surface area contributed by atoms with Crippen LogP contribution in [0.2, 0.25) is 0 Å². The molecule has 2 atom stereocenters. The van der Waals surface area contributed by atoms with E-state index >= 15 is 0 Å². The number of amides is 3. The van der Waals surface area contributed by atoms with Crippen molar-refractivity contribution in [2.45, 2.75) is 26.7 Å². The van der Waals surface area contributed by atoms with Crippen LogP contribution in [0.3, 0.4) is 0 Å². The summed E-state index contributed by atoms with van der Waals surface area (Å²) in [6.07, 6.45) is 4.81. The van der Waals surface area contributed by atoms with Crippen LogP contribution in [0.25, 0.3) is 11.3 Å². The van der Waals surface area contributed by atoms with Gasteiger partial charge in [-0.05, 0) is 38.8 Å². The van der Waals surface area contributed by atoms with Gasteiger partial charge in [-0.3, -0.25) is 19.3 Å². The summed E-state index contributed by atoms with van der Waals surface area (Å²) in [5.41, 5.74) is 0.698. The smallest absolute Gasteiger partial charge is 0.341 e. The molecule has 0 spiro atoms. The molecule has 4 rings (SSSR count). The lowest BCUT2D eigenvalue weighted by Gasteiger charge is -2.14. The maximum Gasteiger partial charge on any atom is 0.341 e. The molecule has 0 aromatic carbocycles. The fraction of sp³-hybridized carbons (Fsp3) is 0.364. The third-order valence-electron chi connectivity index (χ3n) is 5.43. The van der Waals surface area contributed by atoms with Crippen LogP contribution >= 0.6 is 11.3 Å². The lowest BCUT2D eigenvalue weighted by atomic mass is 9.85. The van der Waals surface area contributed by atoms with Gasteiger partial charge in [-0.2, -0.15) is 0 Å². The maximum absolute atomic E-state index is 12.7. The summed E-state index contributed by atoms with van der Waals surface area (Å²) in [5, 5.41) is 4.66. The van der Waals surface area contributed by atoms with Crippen molar-refractivity contribution in [2.75, 3.05) is 18.5 Å². The number of rotatable bonds is 6. The molecule has 3 heterocycles. The van der Waals surface area contributed by atoms with Gasteiger partial charge >= 0.3 is 5.97 Å². The van der Waals surface area contributed by atoms with Gasteiger partial charge in [0.2, 0.25) is 17.7 Å². The normalized spacial score (nSPS) is 20.1. The molecule has 31 heavy (non-hydrogen) atoms. The number of hydrogen-bond donors (Lipinski definition) is 1. The molecule has 1 aliphatic carbocycles. The molecule has 0 saturated carbocycles. The Morgan fingerprint density at radius 1 is 1.19 bits per heavy atom. The van der Waals surface area contributed by atoms with E-state index in [0.29, 0.717) is 29.9 Å². The molecule has 8 nitrogen and oxygen atoms in total. The minimum atomic E-state index is -0.589. The van der Waals surface area contributed by atoms with Crippen LogP contribution in [0.5, 0.6) is 0 Å². The molecule has 2 aromatic heterocycles. The Kier molecular flexibility index (Phi) is 5.77. The number of carbonyl (C=O) groups is 4. The molecule has 2 aromatic rings. The third kappa shape index (κ3) is 3.93. The fourth-order valence-corrected chi connectivity index (χ4v) is 4.90. The molecule has 3 amide bonds. The Morgan fingerprint density at radius 2 is 1.87 bits per heavy atom. The average molecular weight is 442 g/mol. The van der Waals surface area contributed by atoms with Crippen LogP contribution in [0.15, 0.2) is 34.1 Å². The molecular formula is C22H22N2O6S. The second-order valence-electron chi connectivity index (χ2n) is 7.45. The average Bonchev–Trinajstić information content (AvgIpc) is 3.42. The van der Waals surface area contributed by atoms with Crippen molar-refractivity contribution in [2.24, 2.45) is 11.8 Å². The number of fused-ring (bicyclic) bond motifs is 1. The van der Waals surface area contributed by atoms with Crippen LogP contribution in [0.4, 0.5) is 5.00 Å². The number of nitrogens with one attached hydrogen (secondary N) is 1. The molecule has 0 radical (unpaired) electrons. The molecule has 1 N–H and O–H groups in total. The number of nitrogens with zero attached hydrogens (tertiary/aromatic N) is 1. The minimum absolute atomic E-state index is 0.173. The van der Waals surface area contributed by atoms with Crippen molar-refractivity contribution >= 4 is 40.0 Å². The van der Waals surface area contributed by atoms with E-state index in [-0.39, 0.29) is 35.5 Å². The Hall–Kier alpha value is -3.20. The third-order valence-corrected chi connectivity index (χ3v) is 6.33. The molecular weight excluding hydrogens is 420 g/mol. The number of allylic oxidation sites excluding steroid dienone is 2. The summed E-state index contributed by atoms with van der Waals surface area (Å²) in [4.78, 5) is 51.5. The molecule has 0 bridgehead atoms. The van der Waals surface area contributed by atoms with Crippen LogP contribution in [0, 0.1) is 18.8 Å². The maximum atomic E-state index is 12.7. The van der Waals surface area contributed by atoms with E-state index in [1.165, 1.54) is 0 Å². The van der Waals surface area contributed by atoms with E-state index in [4.69, 9.17) is 9.15 Å². The van der Waals surface area contributed by atoms with Gasteiger partial charge in [-0.1, -0.05) is 12.2 Å². The highest BCUT2D eigenvalue weighted by atomic mass is 32.1. The summed E-state index contributed by atoms with van der Waals surface area (Å²) in [7, 11) is 0. The zero-order valence-electron chi connectivity index (χ0n) is 17.2. The number of anilines is 1. The van der Waals surface area contributed by atoms with E-state index in [1.54, 1.807) is 31.4 Å². The van der Waals surface area contributed by atoms with Crippen molar-refractivity contribution < 1.29 is 28.3 Å². The minimum Gasteiger partial charge on any atom is -0.462 e. The number of hydrogen-bond acceptors (Lipinski definition) is 7. The van der Waals surface area contributed by atoms with E-state index < -0.39 is 23.7 Å². The van der Waals surface area contributed by atoms with Crippen LogP contribution in [-0.4, -0.2) is 41.7 Å². The van der Waals surface area contributed by atoms with Crippen molar-refractivity contribution in [1.29, 1.82) is 0 Å². The van der Waals surface area contributed by atoms with Crippen molar-refractivity contribution in [3.8, 4) is 11.3 Å². The first-order valence-corrected chi connectivity index (χ1v) is 10.9. The summed E-state index contributed by atoms with van der Waals surface area (Å²) >= 11 is 1.15. The van der Waals surface area contributed by atoms with Gasteiger partial charge in [0.1, 0.15) is 28.6 Å². The first-order chi connectivity index (χ1) is 14.9. The Morgan fingerprint density at radius 3 is 2.45 bits per heavy atom. The van der Waals surface area contributed by atoms with Gasteiger partial charge in [-0.25, -0.2) is 4.79 Å². The van der Waals surface area contributed by atoms with E-state index in [9.17, 15) is 19.2 Å². The van der Waals surface area contributed by atoms with Crippen LogP contribution < -0.4 is 5.32 Å². The number of thiophene rings is 1. The number of esters is 1. The number of furan rings is 1. The number of aryl methyl sites for hydroxylation is 1. The topological polar surface area (TPSA) is 106 Å². The molecule has 1 aliphatic heterocycles. The second-order valence-corrected chi connectivity index (χ2v) is 8.33. The van der Waals surface area contributed by atoms with Gasteiger partial charge in [0.15, 0.2) is 0 Å². The number of likely N-dealkylation sites (tertiary alicyclic amines) is 1. The number of carbonyl (C=O) groups excluding carboxylic acids is 4. The van der Waals surface area contributed by atoms with Gasteiger partial charge in [0.25, 0.3) is 0 Å². The summed E-state index contributed by atoms with van der Waals surface area (Å²) in [6, 6.07) is 3.52. The van der Waals surface area contributed by atoms with Crippen molar-refractivity contribution in [1.82, 2.24) is 4.90 Å². The second kappa shape index (κ2) is 8.50. The Bertz CT molecular complexity index is 1060. The Labute approximate surface area is 182 Å². The van der Waals surface area contributed by atoms with Crippen molar-refractivity contribution in [3.63, 3.8) is 0 Å². The molecule has 162 valence electrons. The molecule has 0 unspecified atom stereocenters. The molecule has 2 aliphatic rings. The molecule has 9 heteroatoms.